The minimum atomic E-state index is -0.586. The number of benzene rings is 1. The molecule has 0 radical (unpaired) electrons. The zero-order valence-corrected chi connectivity index (χ0v) is 14.0. The highest BCUT2D eigenvalue weighted by Gasteiger charge is 2.25. The van der Waals surface area contributed by atoms with Gasteiger partial charge in [0.2, 0.25) is 0 Å². The zero-order valence-electron chi connectivity index (χ0n) is 14.0. The van der Waals surface area contributed by atoms with Crippen LogP contribution in [0.4, 0.5) is 5.69 Å². The Labute approximate surface area is 140 Å². The highest BCUT2D eigenvalue weighted by atomic mass is 16.6. The number of amides is 1. The fraction of sp³-hybridized carbons (Fsp3) is 0.562. The average molecular weight is 337 g/mol. The van der Waals surface area contributed by atoms with Crippen LogP contribution in [0.2, 0.25) is 0 Å². The highest BCUT2D eigenvalue weighted by molar-refractivity contribution is 5.99. The van der Waals surface area contributed by atoms with Gasteiger partial charge in [-0.1, -0.05) is 0 Å². The average Bonchev–Trinajstić information content (AvgIpc) is 3.07. The Balaban J connectivity index is 2.13. The molecule has 24 heavy (non-hydrogen) atoms. The number of hydrogen-bond donors (Lipinski definition) is 2. The molecule has 1 aliphatic heterocycles. The lowest BCUT2D eigenvalue weighted by molar-refractivity contribution is -0.385. The number of ether oxygens (including phenoxy) is 2. The fourth-order valence-corrected chi connectivity index (χ4v) is 2.76. The van der Waals surface area contributed by atoms with Crippen molar-refractivity contribution in [2.75, 3.05) is 33.4 Å². The van der Waals surface area contributed by atoms with Crippen LogP contribution in [0.25, 0.3) is 0 Å². The smallest absolute Gasteiger partial charge is 0.286 e. The Morgan fingerprint density at radius 1 is 1.46 bits per heavy atom. The molecule has 2 N–H and O–H groups in total. The molecule has 1 aliphatic rings. The van der Waals surface area contributed by atoms with E-state index in [9.17, 15) is 14.9 Å². The van der Waals surface area contributed by atoms with E-state index < -0.39 is 10.8 Å². The number of nitrogens with one attached hydrogen (secondary N) is 2. The molecule has 0 spiro atoms. The number of carbonyl (C=O) groups excluding carboxylic acids is 1. The zero-order chi connectivity index (χ0) is 17.5. The number of nitro benzene ring substituents is 1. The van der Waals surface area contributed by atoms with Crippen LogP contribution in [0.1, 0.15) is 30.1 Å². The van der Waals surface area contributed by atoms with Crippen LogP contribution in [0.5, 0.6) is 11.5 Å². The molecule has 0 aliphatic carbocycles. The number of nitrogens with zero attached hydrogens (tertiary/aromatic N) is 1. The van der Waals surface area contributed by atoms with E-state index in [4.69, 9.17) is 9.47 Å². The molecule has 1 heterocycles. The number of hydrogen-bond acceptors (Lipinski definition) is 6. The minimum Gasteiger partial charge on any atom is -0.493 e. The quantitative estimate of drug-likeness (QED) is 0.553. The van der Waals surface area contributed by atoms with E-state index >= 15 is 0 Å². The van der Waals surface area contributed by atoms with E-state index in [2.05, 4.69) is 10.6 Å². The normalized spacial score (nSPS) is 16.7. The maximum Gasteiger partial charge on any atom is 0.286 e. The number of nitro groups is 1. The molecular weight excluding hydrogens is 314 g/mol. The first kappa shape index (κ1) is 18.0. The van der Waals surface area contributed by atoms with Gasteiger partial charge in [0.15, 0.2) is 11.5 Å². The van der Waals surface area contributed by atoms with Gasteiger partial charge in [0, 0.05) is 12.6 Å². The maximum atomic E-state index is 12.4. The summed E-state index contributed by atoms with van der Waals surface area (Å²) in [5.74, 6) is 0.608. The second kappa shape index (κ2) is 8.49. The molecule has 0 saturated carbocycles. The van der Waals surface area contributed by atoms with Crippen LogP contribution in [0.3, 0.4) is 0 Å². The predicted molar refractivity (Wildman–Crippen MR) is 88.7 cm³/mol. The third-order valence-corrected chi connectivity index (χ3v) is 4.02. The summed E-state index contributed by atoms with van der Waals surface area (Å²) >= 11 is 0. The lowest BCUT2D eigenvalue weighted by Gasteiger charge is -2.13. The Morgan fingerprint density at radius 2 is 2.25 bits per heavy atom. The summed E-state index contributed by atoms with van der Waals surface area (Å²) in [4.78, 5) is 23.1. The van der Waals surface area contributed by atoms with E-state index in [1.165, 1.54) is 19.2 Å². The van der Waals surface area contributed by atoms with Crippen molar-refractivity contribution in [3.05, 3.63) is 27.8 Å². The Morgan fingerprint density at radius 3 is 2.83 bits per heavy atom. The summed E-state index contributed by atoms with van der Waals surface area (Å²) in [6, 6.07) is 2.59. The van der Waals surface area contributed by atoms with Gasteiger partial charge in [-0.15, -0.1) is 0 Å². The fourth-order valence-electron chi connectivity index (χ4n) is 2.76. The maximum absolute atomic E-state index is 12.4. The molecule has 1 fully saturated rings. The largest absolute Gasteiger partial charge is 0.493 e. The van der Waals surface area contributed by atoms with E-state index in [1.54, 1.807) is 6.92 Å². The lowest BCUT2D eigenvalue weighted by Crippen LogP contribution is -2.27. The molecule has 132 valence electrons. The molecule has 1 atom stereocenters. The van der Waals surface area contributed by atoms with Crippen LogP contribution in [0, 0.1) is 16.0 Å². The topological polar surface area (TPSA) is 103 Å². The summed E-state index contributed by atoms with van der Waals surface area (Å²) in [6.45, 7) is 4.54. The van der Waals surface area contributed by atoms with Crippen molar-refractivity contribution in [2.24, 2.45) is 5.92 Å². The molecule has 1 saturated heterocycles. The number of methoxy groups -OCH3 is 1. The first-order chi connectivity index (χ1) is 11.6. The molecule has 1 unspecified atom stereocenters. The monoisotopic (exact) mass is 337 g/mol. The van der Waals surface area contributed by atoms with E-state index in [0.717, 1.165) is 25.9 Å². The molecule has 1 amide bonds. The summed E-state index contributed by atoms with van der Waals surface area (Å²) < 4.78 is 10.5. The third-order valence-electron chi connectivity index (χ3n) is 4.02. The third kappa shape index (κ3) is 4.35. The summed E-state index contributed by atoms with van der Waals surface area (Å²) in [7, 11) is 1.43. The van der Waals surface area contributed by atoms with Crippen LogP contribution in [0.15, 0.2) is 12.1 Å². The van der Waals surface area contributed by atoms with Crippen molar-refractivity contribution in [1.82, 2.24) is 10.6 Å². The van der Waals surface area contributed by atoms with Crippen LogP contribution < -0.4 is 20.1 Å². The molecule has 1 aromatic carbocycles. The Kier molecular flexibility index (Phi) is 6.36. The van der Waals surface area contributed by atoms with E-state index in [-0.39, 0.29) is 17.0 Å². The lowest BCUT2D eigenvalue weighted by atomic mass is 10.1. The summed E-state index contributed by atoms with van der Waals surface area (Å²) in [6.07, 6.45) is 1.94. The van der Waals surface area contributed by atoms with Gasteiger partial charge in [0.05, 0.1) is 24.7 Å². The molecule has 8 nitrogen and oxygen atoms in total. The standard InChI is InChI=1S/C16H23N3O5/c1-3-24-15-9-13(19(21)22)12(8-14(15)23-2)16(20)18-7-5-11-4-6-17-10-11/h8-9,11,17H,3-7,10H2,1-2H3,(H,18,20). The Bertz CT molecular complexity index is 600. The van der Waals surface area contributed by atoms with Crippen LogP contribution in [-0.2, 0) is 0 Å². The van der Waals surface area contributed by atoms with Crippen LogP contribution >= 0.6 is 0 Å². The van der Waals surface area contributed by atoms with Crippen LogP contribution in [-0.4, -0.2) is 44.2 Å². The van der Waals surface area contributed by atoms with Gasteiger partial charge < -0.3 is 20.1 Å². The van der Waals surface area contributed by atoms with Crippen molar-refractivity contribution in [1.29, 1.82) is 0 Å². The number of carbonyl (C=O) groups is 1. The van der Waals surface area contributed by atoms with Gasteiger partial charge in [0.1, 0.15) is 5.56 Å². The van der Waals surface area contributed by atoms with Crippen molar-refractivity contribution in [2.45, 2.75) is 19.8 Å². The first-order valence-corrected chi connectivity index (χ1v) is 8.05. The SMILES string of the molecule is CCOc1cc([N+](=O)[O-])c(C(=O)NCCC2CCNC2)cc1OC. The van der Waals surface area contributed by atoms with Crippen molar-refractivity contribution < 1.29 is 19.2 Å². The molecule has 8 heteroatoms. The molecular formula is C16H23N3O5. The van der Waals surface area contributed by atoms with Crippen molar-refractivity contribution in [3.8, 4) is 11.5 Å². The van der Waals surface area contributed by atoms with Gasteiger partial charge in [-0.05, 0) is 38.8 Å². The van der Waals surface area contributed by atoms with Crippen molar-refractivity contribution in [3.63, 3.8) is 0 Å². The summed E-state index contributed by atoms with van der Waals surface area (Å²) in [5, 5.41) is 17.3. The number of rotatable bonds is 8. The van der Waals surface area contributed by atoms with Gasteiger partial charge >= 0.3 is 0 Å². The minimum absolute atomic E-state index is 0.0233. The van der Waals surface area contributed by atoms with Gasteiger partial charge in [-0.25, -0.2) is 0 Å². The van der Waals surface area contributed by atoms with Gasteiger partial charge in [-0.3, -0.25) is 14.9 Å². The second-order valence-electron chi connectivity index (χ2n) is 5.61. The Hall–Kier alpha value is -2.35. The van der Waals surface area contributed by atoms with E-state index in [0.29, 0.717) is 24.8 Å². The van der Waals surface area contributed by atoms with Gasteiger partial charge in [-0.2, -0.15) is 0 Å². The second-order valence-corrected chi connectivity index (χ2v) is 5.61. The molecule has 1 aromatic rings. The highest BCUT2D eigenvalue weighted by Crippen LogP contribution is 2.34. The first-order valence-electron chi connectivity index (χ1n) is 8.05. The molecule has 2 rings (SSSR count). The predicted octanol–water partition coefficient (Wildman–Crippen LogP) is 1.73. The van der Waals surface area contributed by atoms with E-state index in [1.807, 2.05) is 0 Å². The summed E-state index contributed by atoms with van der Waals surface area (Å²) in [5.41, 5.74) is -0.316. The molecule has 0 aromatic heterocycles. The molecule has 0 bridgehead atoms. The van der Waals surface area contributed by atoms with Crippen molar-refractivity contribution >= 4 is 11.6 Å². The van der Waals surface area contributed by atoms with Gasteiger partial charge in [0.25, 0.3) is 11.6 Å².